The van der Waals surface area contributed by atoms with Crippen molar-refractivity contribution in [1.29, 1.82) is 0 Å². The highest BCUT2D eigenvalue weighted by molar-refractivity contribution is 7.85. The van der Waals surface area contributed by atoms with Crippen molar-refractivity contribution in [3.63, 3.8) is 0 Å². The third-order valence-corrected chi connectivity index (χ3v) is 19.8. The number of fused-ring (bicyclic) bond motifs is 6. The van der Waals surface area contributed by atoms with Crippen LogP contribution in [0.4, 0.5) is 9.59 Å². The Kier molecular flexibility index (Phi) is 58.5. The molecule has 0 bridgehead atoms. The summed E-state index contributed by atoms with van der Waals surface area (Å²) in [5, 5.41) is 29.6. The Morgan fingerprint density at radius 2 is 0.686 bits per heavy atom. The van der Waals surface area contributed by atoms with Crippen LogP contribution in [0.5, 0.6) is 0 Å². The summed E-state index contributed by atoms with van der Waals surface area (Å²) < 4.78 is 37.3. The lowest BCUT2D eigenvalue weighted by atomic mass is 9.98. The summed E-state index contributed by atoms with van der Waals surface area (Å²) in [5.74, 6) is 0.105. The molecule has 0 unspecified atom stereocenters. The molecule has 4 N–H and O–H groups in total. The summed E-state index contributed by atoms with van der Waals surface area (Å²) in [4.78, 5) is 39.7. The number of benzene rings is 4. The minimum absolute atomic E-state index is 0.0394. The number of rotatable bonds is 55. The van der Waals surface area contributed by atoms with Crippen LogP contribution < -0.4 is 5.32 Å². The second kappa shape index (κ2) is 64.2. The molecule has 2 aliphatic rings. The van der Waals surface area contributed by atoms with Gasteiger partial charge in [0.2, 0.25) is 0 Å². The summed E-state index contributed by atoms with van der Waals surface area (Å²) in [5.41, 5.74) is 9.70. The highest BCUT2D eigenvalue weighted by atomic mass is 32.2. The third kappa shape index (κ3) is 44.0. The number of aldehydes is 1. The van der Waals surface area contributed by atoms with Gasteiger partial charge in [0, 0.05) is 44.6 Å². The lowest BCUT2D eigenvalue weighted by Crippen LogP contribution is -2.35. The van der Waals surface area contributed by atoms with E-state index in [-0.39, 0.29) is 37.7 Å². The van der Waals surface area contributed by atoms with E-state index in [1.54, 1.807) is 4.90 Å². The molecule has 0 saturated carbocycles. The number of carbonyl (C=O) groups excluding carboxylic acids is 3. The fourth-order valence-electron chi connectivity index (χ4n) is 13.3. The first kappa shape index (κ1) is 92.9. The first-order valence-corrected chi connectivity index (χ1v) is 42.7. The summed E-state index contributed by atoms with van der Waals surface area (Å²) in [7, 11) is -3.23. The average Bonchev–Trinajstić information content (AvgIpc) is 1.63. The molecule has 0 heterocycles. The van der Waals surface area contributed by atoms with E-state index < -0.39 is 16.2 Å². The Morgan fingerprint density at radius 1 is 0.382 bits per heavy atom. The third-order valence-electron chi connectivity index (χ3n) is 19.2. The first-order valence-electron chi connectivity index (χ1n) is 40.9. The molecule has 15 heteroatoms. The van der Waals surface area contributed by atoms with E-state index in [4.69, 9.17) is 19.7 Å². The molecule has 0 fully saturated rings. The fraction of sp³-hybridized carbons (Fsp3) is 0.690. The Labute approximate surface area is 622 Å². The minimum atomic E-state index is -3.23. The summed E-state index contributed by atoms with van der Waals surface area (Å²) in [6.45, 7) is 16.2. The van der Waals surface area contributed by atoms with Gasteiger partial charge < -0.3 is 44.7 Å². The predicted octanol–water partition coefficient (Wildman–Crippen LogP) is 21.9. The van der Waals surface area contributed by atoms with Crippen molar-refractivity contribution in [3.8, 4) is 22.3 Å². The average molecular weight is 1440 g/mol. The summed E-state index contributed by atoms with van der Waals surface area (Å²) in [6.07, 6.45) is 51.5. The molecule has 4 aromatic carbocycles. The number of amides is 2. The van der Waals surface area contributed by atoms with E-state index in [1.165, 1.54) is 261 Å². The van der Waals surface area contributed by atoms with Gasteiger partial charge in [-0.1, -0.05) is 356 Å². The molecule has 14 nitrogen and oxygen atoms in total. The second-order valence-corrected chi connectivity index (χ2v) is 29.7. The normalized spacial score (nSPS) is 11.9. The van der Waals surface area contributed by atoms with Crippen LogP contribution in [0.25, 0.3) is 22.3 Å². The van der Waals surface area contributed by atoms with E-state index in [0.717, 1.165) is 70.6 Å². The van der Waals surface area contributed by atoms with Crippen LogP contribution in [0.3, 0.4) is 0 Å². The van der Waals surface area contributed by atoms with Crippen LogP contribution in [-0.4, -0.2) is 137 Å². The molecule has 0 spiro atoms. The van der Waals surface area contributed by atoms with Gasteiger partial charge in [0.15, 0.2) is 0 Å². The monoisotopic (exact) mass is 1440 g/mol. The number of carbonyl (C=O) groups is 3. The van der Waals surface area contributed by atoms with Gasteiger partial charge in [-0.05, 0) is 83.2 Å². The number of nitrogens with zero attached hydrogens (tertiary/aromatic N) is 2. The van der Waals surface area contributed by atoms with Crippen molar-refractivity contribution < 1.29 is 51.8 Å². The molecular formula is C87H145N3O11S. The summed E-state index contributed by atoms with van der Waals surface area (Å²) in [6, 6.07) is 33.3. The van der Waals surface area contributed by atoms with Crippen LogP contribution in [0.15, 0.2) is 97.1 Å². The van der Waals surface area contributed by atoms with E-state index in [2.05, 4.69) is 105 Å². The zero-order valence-electron chi connectivity index (χ0n) is 65.1. The first-order chi connectivity index (χ1) is 49.9. The van der Waals surface area contributed by atoms with Crippen LogP contribution in [-0.2, 0) is 28.6 Å². The molecule has 0 saturated heterocycles. The molecule has 2 aliphatic carbocycles. The summed E-state index contributed by atoms with van der Waals surface area (Å²) >= 11 is 0. The van der Waals surface area contributed by atoms with Gasteiger partial charge >= 0.3 is 12.2 Å². The lowest BCUT2D eigenvalue weighted by Gasteiger charge is -2.23. The topological polar surface area (TPSA) is 192 Å². The van der Waals surface area contributed by atoms with Gasteiger partial charge in [-0.15, -0.1) is 0 Å². The molecular weight excluding hydrogens is 1300 g/mol. The van der Waals surface area contributed by atoms with E-state index in [1.807, 2.05) is 36.4 Å². The van der Waals surface area contributed by atoms with Crippen molar-refractivity contribution >= 4 is 28.6 Å². The molecule has 580 valence electrons. The second-order valence-electron chi connectivity index (χ2n) is 28.0. The van der Waals surface area contributed by atoms with Crippen LogP contribution >= 0.6 is 0 Å². The van der Waals surface area contributed by atoms with Gasteiger partial charge in [0.25, 0.3) is 10.1 Å². The molecule has 0 atom stereocenters. The van der Waals surface area contributed by atoms with Crippen molar-refractivity contribution in [1.82, 2.24) is 15.1 Å². The number of nitrogens with one attached hydrogen (secondary N) is 1. The van der Waals surface area contributed by atoms with Crippen molar-refractivity contribution in [2.75, 3.05) is 85.2 Å². The van der Waals surface area contributed by atoms with Gasteiger partial charge in [0.1, 0.15) is 19.5 Å². The number of aliphatic hydroxyl groups excluding tert-OH is 3. The van der Waals surface area contributed by atoms with Crippen LogP contribution in [0.2, 0.25) is 0 Å². The zero-order chi connectivity index (χ0) is 74.2. The fourth-order valence-corrected chi connectivity index (χ4v) is 13.7. The van der Waals surface area contributed by atoms with Gasteiger partial charge in [-0.2, -0.15) is 8.42 Å². The predicted molar refractivity (Wildman–Crippen MR) is 427 cm³/mol. The molecule has 4 aromatic rings. The maximum atomic E-state index is 12.7. The van der Waals surface area contributed by atoms with Crippen molar-refractivity contribution in [3.05, 3.63) is 119 Å². The van der Waals surface area contributed by atoms with Crippen LogP contribution in [0.1, 0.15) is 326 Å². The Bertz CT molecular complexity index is 2650. The SMILES string of the molecule is CCCCCCCCCCN(CC=O)C(=O)OCC1c2ccccc2-c2ccccc21.CCCCCCCCCCN(CCO)C(=O)OCC1c2ccccc2-c2ccccc21.CCCCCCCCCCNCCO.CCCCCCCCCCO.CCCCCCCCCCOS(C)(=O)=O. The van der Waals surface area contributed by atoms with E-state index in [9.17, 15) is 27.9 Å². The molecule has 0 aliphatic heterocycles. The Balaban J connectivity index is 0.000000463. The molecule has 0 aromatic heterocycles. The highest BCUT2D eigenvalue weighted by Crippen LogP contribution is 2.46. The Morgan fingerprint density at radius 3 is 1.01 bits per heavy atom. The lowest BCUT2D eigenvalue weighted by molar-refractivity contribution is -0.108. The van der Waals surface area contributed by atoms with E-state index in [0.29, 0.717) is 46.1 Å². The molecule has 0 radical (unpaired) electrons. The zero-order valence-corrected chi connectivity index (χ0v) is 66.0. The number of hydrogen-bond acceptors (Lipinski definition) is 12. The standard InChI is InChI=1S/C27H37NO3.C27H35NO3.C12H27NO.C11H24O3S.C10H22O/c2*1-2-3-4-5-6-7-8-13-18-28(19-20-29)27(30)31-21-26-24-16-11-9-14-22(24)23-15-10-12-17-25(23)26;1-2-3-4-5-6-7-8-9-10-13-11-12-14;1-3-4-5-6-7-8-9-10-11-14-15(2,12)13;1-2-3-4-5-6-7-8-9-10-11/h9-12,14-17,26,29H,2-8,13,18-21H2,1H3;9-12,14-17,20,26H,2-8,13,18-19,21H2,1H3;13-14H,2-12H2,1H3;3-11H2,1-2H3;11H,2-10H2,1H3. The minimum Gasteiger partial charge on any atom is -0.448 e. The van der Waals surface area contributed by atoms with Gasteiger partial charge in [-0.3, -0.25) is 4.18 Å². The van der Waals surface area contributed by atoms with Gasteiger partial charge in [-0.25, -0.2) is 9.59 Å². The largest absolute Gasteiger partial charge is 0.448 e. The smallest absolute Gasteiger partial charge is 0.410 e. The maximum Gasteiger partial charge on any atom is 0.410 e. The molecule has 2 amide bonds. The number of unbranched alkanes of at least 4 members (excludes halogenated alkanes) is 35. The number of ether oxygens (including phenoxy) is 2. The van der Waals surface area contributed by atoms with Gasteiger partial charge in [0.05, 0.1) is 32.6 Å². The Hall–Kier alpha value is -5.16. The van der Waals surface area contributed by atoms with Crippen LogP contribution in [0, 0.1) is 0 Å². The molecule has 102 heavy (non-hydrogen) atoms. The molecule has 6 rings (SSSR count). The maximum absolute atomic E-state index is 12.7. The highest BCUT2D eigenvalue weighted by Gasteiger charge is 2.31. The quantitative estimate of drug-likeness (QED) is 0.0186. The number of aliphatic hydroxyl groups is 3. The van der Waals surface area contributed by atoms with E-state index >= 15 is 0 Å². The number of hydrogen-bond donors (Lipinski definition) is 4. The van der Waals surface area contributed by atoms with Crippen molar-refractivity contribution in [2.45, 2.75) is 303 Å². The van der Waals surface area contributed by atoms with Crippen molar-refractivity contribution in [2.24, 2.45) is 0 Å².